The molecule has 1 atom stereocenters. The van der Waals surface area contributed by atoms with Gasteiger partial charge in [0.05, 0.1) is 45.5 Å². The molecule has 0 fully saturated rings. The Kier molecular flexibility index (Phi) is 15.1. The first-order valence-corrected chi connectivity index (χ1v) is 9.54. The lowest BCUT2D eigenvalue weighted by molar-refractivity contribution is 0.0337. The average molecular weight is 348 g/mol. The van der Waals surface area contributed by atoms with E-state index in [1.165, 1.54) is 0 Å². The van der Waals surface area contributed by atoms with Gasteiger partial charge in [0.1, 0.15) is 0 Å². The van der Waals surface area contributed by atoms with Crippen LogP contribution in [0.3, 0.4) is 0 Å². The second kappa shape index (κ2) is 15.3. The highest BCUT2D eigenvalue weighted by atomic mass is 31.2. The lowest BCUT2D eigenvalue weighted by atomic mass is 10.3. The van der Waals surface area contributed by atoms with Crippen LogP contribution in [-0.4, -0.2) is 56.4 Å². The summed E-state index contributed by atoms with van der Waals surface area (Å²) in [6, 6.07) is 2.72. The molecule has 1 unspecified atom stereocenters. The topological polar surface area (TPSA) is 64.0 Å². The first kappa shape index (κ1) is 22.7. The monoisotopic (exact) mass is 348 g/mol. The largest absolute Gasteiger partial charge is 0.379 e. The molecule has 0 bridgehead atoms. The summed E-state index contributed by atoms with van der Waals surface area (Å²) in [7, 11) is -1.17. The Bertz CT molecular complexity index is 303. The highest BCUT2D eigenvalue weighted by Crippen LogP contribution is 2.45. The van der Waals surface area contributed by atoms with E-state index in [2.05, 4.69) is 45.4 Å². The summed E-state index contributed by atoms with van der Waals surface area (Å²) in [5.74, 6) is 0. The van der Waals surface area contributed by atoms with Crippen LogP contribution in [0.1, 0.15) is 47.5 Å². The minimum Gasteiger partial charge on any atom is -0.379 e. The molecule has 23 heavy (non-hydrogen) atoms. The molecule has 0 radical (unpaired) electrons. The first-order valence-electron chi connectivity index (χ1n) is 8.41. The van der Waals surface area contributed by atoms with Crippen molar-refractivity contribution in [1.82, 2.24) is 4.67 Å². The summed E-state index contributed by atoms with van der Waals surface area (Å²) in [6.45, 7) is 13.9. The molecule has 0 heterocycles. The maximum Gasteiger partial charge on any atom is 0.259 e. The van der Waals surface area contributed by atoms with Gasteiger partial charge in [-0.1, -0.05) is 6.92 Å². The number of ether oxygens (including phenoxy) is 2. The van der Waals surface area contributed by atoms with Gasteiger partial charge in [0.15, 0.2) is 0 Å². The van der Waals surface area contributed by atoms with Crippen LogP contribution in [0.2, 0.25) is 0 Å². The molecule has 0 amide bonds. The second-order valence-electron chi connectivity index (χ2n) is 5.60. The number of hydrogen-bond donors (Lipinski definition) is 0. The fourth-order valence-corrected chi connectivity index (χ4v) is 3.53. The minimum absolute atomic E-state index is 0.312. The molecule has 136 valence electrons. The van der Waals surface area contributed by atoms with E-state index >= 15 is 0 Å². The van der Waals surface area contributed by atoms with E-state index < -0.39 is 8.53 Å². The van der Waals surface area contributed by atoms with Crippen molar-refractivity contribution in [2.75, 3.05) is 39.6 Å². The number of hydrogen-bond acceptors (Lipinski definition) is 6. The van der Waals surface area contributed by atoms with Gasteiger partial charge in [0.25, 0.3) is 8.53 Å². The van der Waals surface area contributed by atoms with Crippen molar-refractivity contribution in [1.29, 1.82) is 5.26 Å². The molecular weight excluding hydrogens is 315 g/mol. The molecule has 0 rings (SSSR count). The van der Waals surface area contributed by atoms with Crippen molar-refractivity contribution < 1.29 is 18.5 Å². The lowest BCUT2D eigenvalue weighted by Crippen LogP contribution is -2.34. The first-order chi connectivity index (χ1) is 11.0. The Morgan fingerprint density at radius 3 is 1.91 bits per heavy atom. The van der Waals surface area contributed by atoms with Crippen LogP contribution < -0.4 is 0 Å². The van der Waals surface area contributed by atoms with E-state index in [0.717, 1.165) is 13.0 Å². The van der Waals surface area contributed by atoms with Gasteiger partial charge in [0, 0.05) is 18.7 Å². The normalized spacial score (nSPS) is 13.0. The molecule has 0 aliphatic carbocycles. The molecule has 0 aliphatic rings. The lowest BCUT2D eigenvalue weighted by Gasteiger charge is -2.35. The minimum atomic E-state index is -1.17. The molecule has 0 aliphatic heterocycles. The molecule has 7 heteroatoms. The van der Waals surface area contributed by atoms with Crippen LogP contribution in [0.15, 0.2) is 0 Å². The molecule has 0 N–H and O–H groups in total. The van der Waals surface area contributed by atoms with Crippen molar-refractivity contribution in [3.05, 3.63) is 0 Å². The third kappa shape index (κ3) is 11.8. The van der Waals surface area contributed by atoms with Crippen molar-refractivity contribution >= 4 is 8.53 Å². The number of rotatable bonds is 15. The third-order valence-electron chi connectivity index (χ3n) is 2.81. The zero-order chi connectivity index (χ0) is 17.5. The molecule has 0 aromatic carbocycles. The molecule has 0 saturated carbocycles. The summed E-state index contributed by atoms with van der Waals surface area (Å²) in [5.41, 5.74) is 0. The maximum absolute atomic E-state index is 8.66. The molecule has 6 nitrogen and oxygen atoms in total. The van der Waals surface area contributed by atoms with E-state index in [4.69, 9.17) is 23.8 Å². The zero-order valence-electron chi connectivity index (χ0n) is 15.3. The Morgan fingerprint density at radius 1 is 0.870 bits per heavy atom. The molecule has 0 spiro atoms. The van der Waals surface area contributed by atoms with Gasteiger partial charge in [-0.05, 0) is 34.1 Å². The predicted molar refractivity (Wildman–Crippen MR) is 93.1 cm³/mol. The summed E-state index contributed by atoms with van der Waals surface area (Å²) in [4.78, 5) is 0. The van der Waals surface area contributed by atoms with Gasteiger partial charge in [-0.25, -0.2) is 4.67 Å². The van der Waals surface area contributed by atoms with E-state index in [1.54, 1.807) is 0 Å². The SMILES string of the molecule is CCCOCCOCCOP(OCCC#N)N(C(C)C)C(C)C. The molecule has 0 aromatic rings. The van der Waals surface area contributed by atoms with Crippen molar-refractivity contribution in [2.45, 2.75) is 59.5 Å². The van der Waals surface area contributed by atoms with Crippen LogP contribution in [0.25, 0.3) is 0 Å². The summed E-state index contributed by atoms with van der Waals surface area (Å²) >= 11 is 0. The third-order valence-corrected chi connectivity index (χ3v) is 4.92. The van der Waals surface area contributed by atoms with Crippen molar-refractivity contribution in [3.8, 4) is 6.07 Å². The van der Waals surface area contributed by atoms with E-state index in [0.29, 0.717) is 51.5 Å². The molecule has 0 aromatic heterocycles. The Labute approximate surface area is 143 Å². The summed E-state index contributed by atoms with van der Waals surface area (Å²) in [5, 5.41) is 8.66. The van der Waals surface area contributed by atoms with Gasteiger partial charge in [-0.3, -0.25) is 0 Å². The van der Waals surface area contributed by atoms with Gasteiger partial charge in [0.2, 0.25) is 0 Å². The van der Waals surface area contributed by atoms with Crippen molar-refractivity contribution in [3.63, 3.8) is 0 Å². The van der Waals surface area contributed by atoms with Crippen LogP contribution in [0.4, 0.5) is 0 Å². The quantitative estimate of drug-likeness (QED) is 0.332. The number of nitrogens with zero attached hydrogens (tertiary/aromatic N) is 2. The predicted octanol–water partition coefficient (Wildman–Crippen LogP) is 3.72. The Hall–Kier alpha value is -0.280. The average Bonchev–Trinajstić information content (AvgIpc) is 2.49. The zero-order valence-corrected chi connectivity index (χ0v) is 16.2. The maximum atomic E-state index is 8.66. The molecular formula is C16H33N2O4P. The summed E-state index contributed by atoms with van der Waals surface area (Å²) in [6.07, 6.45) is 1.39. The van der Waals surface area contributed by atoms with Crippen molar-refractivity contribution in [2.24, 2.45) is 0 Å². The fraction of sp³-hybridized carbons (Fsp3) is 0.938. The highest BCUT2D eigenvalue weighted by Gasteiger charge is 2.26. The molecule has 0 saturated heterocycles. The standard InChI is InChI=1S/C16H33N2O4P/c1-6-9-19-11-12-20-13-14-22-23(21-10-7-8-17)18(15(2)3)16(4)5/h15-16H,6-7,9-14H2,1-5H3. The second-order valence-corrected chi connectivity index (χ2v) is 7.06. The van der Waals surface area contributed by atoms with Gasteiger partial charge in [-0.2, -0.15) is 5.26 Å². The van der Waals surface area contributed by atoms with E-state index in [9.17, 15) is 0 Å². The van der Waals surface area contributed by atoms with E-state index in [1.807, 2.05) is 0 Å². The highest BCUT2D eigenvalue weighted by molar-refractivity contribution is 7.44. The van der Waals surface area contributed by atoms with Crippen LogP contribution in [0, 0.1) is 11.3 Å². The van der Waals surface area contributed by atoms with Crippen LogP contribution in [0.5, 0.6) is 0 Å². The fourth-order valence-electron chi connectivity index (χ4n) is 1.95. The van der Waals surface area contributed by atoms with Gasteiger partial charge >= 0.3 is 0 Å². The van der Waals surface area contributed by atoms with Crippen LogP contribution >= 0.6 is 8.53 Å². The van der Waals surface area contributed by atoms with Gasteiger partial charge in [-0.15, -0.1) is 0 Å². The van der Waals surface area contributed by atoms with E-state index in [-0.39, 0.29) is 0 Å². The van der Waals surface area contributed by atoms with Crippen LogP contribution in [-0.2, 0) is 18.5 Å². The Balaban J connectivity index is 4.13. The summed E-state index contributed by atoms with van der Waals surface area (Å²) < 4.78 is 24.7. The number of nitriles is 1. The smallest absolute Gasteiger partial charge is 0.259 e. The Morgan fingerprint density at radius 2 is 1.39 bits per heavy atom. The van der Waals surface area contributed by atoms with Gasteiger partial charge < -0.3 is 18.5 Å².